The van der Waals surface area contributed by atoms with E-state index in [0.717, 1.165) is 74.3 Å². The largest absolute Gasteiger partial charge is 0.494 e. The summed E-state index contributed by atoms with van der Waals surface area (Å²) in [6.07, 6.45) is 13.1. The van der Waals surface area contributed by atoms with Crippen LogP contribution in [0.15, 0.2) is 41.2 Å². The highest BCUT2D eigenvalue weighted by Crippen LogP contribution is 2.70. The molecular formula is C32H36FN5O3. The van der Waals surface area contributed by atoms with Crippen molar-refractivity contribution in [3.63, 3.8) is 0 Å². The molecule has 3 aromatic rings. The number of methoxy groups -OCH3 is 1. The molecule has 0 radical (unpaired) electrons. The first-order chi connectivity index (χ1) is 19.9. The average Bonchev–Trinajstić information content (AvgIpc) is 3.70. The van der Waals surface area contributed by atoms with E-state index in [1.54, 1.807) is 19.5 Å². The summed E-state index contributed by atoms with van der Waals surface area (Å²) in [5, 5.41) is 4.33. The quantitative estimate of drug-likeness (QED) is 0.327. The number of hydrogen-bond donors (Lipinski definition) is 0. The summed E-state index contributed by atoms with van der Waals surface area (Å²) < 4.78 is 25.6. The predicted octanol–water partition coefficient (Wildman–Crippen LogP) is 6.18. The highest BCUT2D eigenvalue weighted by molar-refractivity contribution is 6.00. The number of benzene rings is 1. The summed E-state index contributed by atoms with van der Waals surface area (Å²) in [5.74, 6) is 4.31. The number of hydrogen-bond acceptors (Lipinski definition) is 7. The third kappa shape index (κ3) is 4.17. The minimum atomic E-state index is -1.13. The summed E-state index contributed by atoms with van der Waals surface area (Å²) in [6, 6.07) is 7.91. The van der Waals surface area contributed by atoms with Gasteiger partial charge in [0.15, 0.2) is 17.4 Å². The number of amides is 1. The molecule has 9 rings (SSSR count). The fourth-order valence-electron chi connectivity index (χ4n) is 8.34. The van der Waals surface area contributed by atoms with E-state index in [1.165, 1.54) is 0 Å². The smallest absolute Gasteiger partial charge is 0.233 e. The second kappa shape index (κ2) is 9.07. The van der Waals surface area contributed by atoms with Crippen LogP contribution in [0.1, 0.15) is 88.3 Å². The molecule has 2 aromatic heterocycles. The lowest BCUT2D eigenvalue weighted by Crippen LogP contribution is -2.70. The van der Waals surface area contributed by atoms with Crippen LogP contribution >= 0.6 is 0 Å². The fourth-order valence-corrected chi connectivity index (χ4v) is 8.34. The van der Waals surface area contributed by atoms with E-state index in [9.17, 15) is 9.18 Å². The predicted molar refractivity (Wildman–Crippen MR) is 149 cm³/mol. The molecule has 6 aliphatic carbocycles. The molecule has 0 N–H and O–H groups in total. The van der Waals surface area contributed by atoms with Crippen molar-refractivity contribution >= 4 is 11.6 Å². The maximum atomic E-state index is 14.6. The zero-order chi connectivity index (χ0) is 27.8. The Morgan fingerprint density at radius 3 is 2.66 bits per heavy atom. The molecule has 3 unspecified atom stereocenters. The molecule has 0 aliphatic heterocycles. The van der Waals surface area contributed by atoms with E-state index in [1.807, 2.05) is 29.2 Å². The molecule has 6 aliphatic rings. The maximum absolute atomic E-state index is 14.6. The van der Waals surface area contributed by atoms with Gasteiger partial charge in [-0.05, 0) is 81.8 Å². The number of carbonyl (C=O) groups is 1. The number of anilines is 1. The van der Waals surface area contributed by atoms with Crippen LogP contribution < -0.4 is 9.64 Å². The maximum Gasteiger partial charge on any atom is 0.233 e. The average molecular weight is 558 g/mol. The molecule has 3 atom stereocenters. The van der Waals surface area contributed by atoms with E-state index in [2.05, 4.69) is 15.1 Å². The number of alkyl halides is 1. The Morgan fingerprint density at radius 2 is 1.93 bits per heavy atom. The Balaban J connectivity index is 1.07. The monoisotopic (exact) mass is 557 g/mol. The van der Waals surface area contributed by atoms with Crippen LogP contribution in [0.4, 0.5) is 10.1 Å². The lowest BCUT2D eigenvalue weighted by molar-refractivity contribution is -0.211. The van der Waals surface area contributed by atoms with E-state index in [-0.39, 0.29) is 11.3 Å². The minimum absolute atomic E-state index is 0.0333. The number of nitrogens with zero attached hydrogens (tertiary/aromatic N) is 5. The Kier molecular flexibility index (Phi) is 5.61. The van der Waals surface area contributed by atoms with Crippen molar-refractivity contribution in [2.45, 2.75) is 87.6 Å². The van der Waals surface area contributed by atoms with Crippen LogP contribution in [0.2, 0.25) is 0 Å². The van der Waals surface area contributed by atoms with Gasteiger partial charge in [0.1, 0.15) is 5.67 Å². The first-order valence-corrected chi connectivity index (χ1v) is 15.2. The van der Waals surface area contributed by atoms with Gasteiger partial charge in [-0.3, -0.25) is 4.79 Å². The third-order valence-electron chi connectivity index (χ3n) is 10.7. The topological polar surface area (TPSA) is 94.2 Å². The molecule has 6 saturated carbocycles. The molecule has 9 heteroatoms. The van der Waals surface area contributed by atoms with Crippen molar-refractivity contribution in [1.82, 2.24) is 20.1 Å². The lowest BCUT2D eigenvalue weighted by Gasteiger charge is -2.65. The lowest BCUT2D eigenvalue weighted by atomic mass is 9.42. The van der Waals surface area contributed by atoms with Gasteiger partial charge in [0, 0.05) is 29.1 Å². The molecule has 0 saturated heterocycles. The summed E-state index contributed by atoms with van der Waals surface area (Å²) in [7, 11) is 1.59. The van der Waals surface area contributed by atoms with Gasteiger partial charge in [-0.2, -0.15) is 4.98 Å². The van der Waals surface area contributed by atoms with Crippen molar-refractivity contribution in [3.05, 3.63) is 48.4 Å². The zero-order valence-electron chi connectivity index (χ0n) is 23.5. The van der Waals surface area contributed by atoms with Crippen LogP contribution in [-0.4, -0.2) is 45.3 Å². The molecule has 6 fully saturated rings. The van der Waals surface area contributed by atoms with Gasteiger partial charge in [-0.25, -0.2) is 14.4 Å². The van der Waals surface area contributed by atoms with Gasteiger partial charge >= 0.3 is 0 Å². The third-order valence-corrected chi connectivity index (χ3v) is 10.7. The SMILES string of the molecule is COc1cnc(-c2cccc(N(CC3CCC4(c5nc(C6CC6)no5)CCCC3C4)C(=O)C34CC(F)(C3)C4)c2)nc1. The van der Waals surface area contributed by atoms with Crippen LogP contribution in [0.25, 0.3) is 11.4 Å². The molecular weight excluding hydrogens is 521 g/mol. The van der Waals surface area contributed by atoms with E-state index >= 15 is 0 Å². The van der Waals surface area contributed by atoms with Gasteiger partial charge < -0.3 is 14.2 Å². The van der Waals surface area contributed by atoms with Gasteiger partial charge in [0.25, 0.3) is 0 Å². The highest BCUT2D eigenvalue weighted by atomic mass is 19.1. The Morgan fingerprint density at radius 1 is 1.12 bits per heavy atom. The number of ether oxygens (including phenoxy) is 1. The second-order valence-electron chi connectivity index (χ2n) is 13.5. The van der Waals surface area contributed by atoms with Crippen molar-refractivity contribution in [1.29, 1.82) is 0 Å². The summed E-state index contributed by atoms with van der Waals surface area (Å²) in [5.41, 5.74) is -0.0323. The van der Waals surface area contributed by atoms with E-state index < -0.39 is 11.1 Å². The first-order valence-electron chi connectivity index (χ1n) is 15.2. The van der Waals surface area contributed by atoms with Gasteiger partial charge in [0.2, 0.25) is 11.8 Å². The van der Waals surface area contributed by atoms with Crippen molar-refractivity contribution in [2.24, 2.45) is 17.3 Å². The Labute approximate surface area is 239 Å². The minimum Gasteiger partial charge on any atom is -0.494 e. The summed E-state index contributed by atoms with van der Waals surface area (Å²) >= 11 is 0. The van der Waals surface area contributed by atoms with Crippen molar-refractivity contribution in [2.75, 3.05) is 18.6 Å². The molecule has 214 valence electrons. The molecule has 1 aromatic carbocycles. The number of rotatable bonds is 8. The van der Waals surface area contributed by atoms with Gasteiger partial charge in [0.05, 0.1) is 24.9 Å². The molecule has 2 heterocycles. The number of aromatic nitrogens is 4. The highest BCUT2D eigenvalue weighted by Gasteiger charge is 2.73. The van der Waals surface area contributed by atoms with Crippen molar-refractivity contribution < 1.29 is 18.4 Å². The molecule has 41 heavy (non-hydrogen) atoms. The molecule has 4 bridgehead atoms. The van der Waals surface area contributed by atoms with Gasteiger partial charge in [-0.15, -0.1) is 0 Å². The molecule has 8 nitrogen and oxygen atoms in total. The van der Waals surface area contributed by atoms with E-state index in [0.29, 0.717) is 55.1 Å². The van der Waals surface area contributed by atoms with Crippen LogP contribution in [0, 0.1) is 17.3 Å². The van der Waals surface area contributed by atoms with Crippen LogP contribution in [0.3, 0.4) is 0 Å². The number of fused-ring (bicyclic) bond motifs is 2. The first kappa shape index (κ1) is 25.4. The second-order valence-corrected chi connectivity index (χ2v) is 13.5. The molecule has 1 amide bonds. The standard InChI is InChI=1S/C32H36FN5O3/c1-40-25-14-34-26(35-15-25)21-4-2-6-24(12-21)38(29(39)31-17-32(33,18-31)19-31)16-23-9-11-30(10-3-5-22(23)13-30)28-36-27(37-41-28)20-7-8-20/h2,4,6,12,14-15,20,22-23H,3,5,7-11,13,16-19H2,1H3. The van der Waals surface area contributed by atoms with Crippen LogP contribution in [-0.2, 0) is 10.2 Å². The fraction of sp³-hybridized carbons (Fsp3) is 0.594. The van der Waals surface area contributed by atoms with E-state index in [4.69, 9.17) is 14.2 Å². The summed E-state index contributed by atoms with van der Waals surface area (Å²) in [4.78, 5) is 29.9. The normalized spacial score (nSPS) is 33.4. The molecule has 0 spiro atoms. The zero-order valence-corrected chi connectivity index (χ0v) is 23.5. The van der Waals surface area contributed by atoms with Crippen molar-refractivity contribution in [3.8, 4) is 17.1 Å². The number of carbonyl (C=O) groups excluding carboxylic acids is 1. The Hall–Kier alpha value is -3.36. The summed E-state index contributed by atoms with van der Waals surface area (Å²) in [6.45, 7) is 0.644. The number of halogens is 1. The van der Waals surface area contributed by atoms with Gasteiger partial charge in [-0.1, -0.05) is 30.1 Å². The Bertz CT molecular complexity index is 1470. The van der Waals surface area contributed by atoms with Crippen LogP contribution in [0.5, 0.6) is 5.75 Å².